The van der Waals surface area contributed by atoms with Crippen LogP contribution >= 0.6 is 0 Å². The molecule has 4 aromatic carbocycles. The van der Waals surface area contributed by atoms with Gasteiger partial charge in [-0.3, -0.25) is 14.8 Å². The van der Waals surface area contributed by atoms with Crippen molar-refractivity contribution in [3.63, 3.8) is 0 Å². The van der Waals surface area contributed by atoms with E-state index in [1.165, 1.54) is 50.1 Å². The van der Waals surface area contributed by atoms with Gasteiger partial charge in [-0.2, -0.15) is 9.59 Å². The summed E-state index contributed by atoms with van der Waals surface area (Å²) in [7, 11) is 0. The molecule has 6 aromatic rings. The van der Waals surface area contributed by atoms with E-state index in [4.69, 9.17) is 23.8 Å². The summed E-state index contributed by atoms with van der Waals surface area (Å²) >= 11 is 0. The molecule has 2 aliphatic rings. The Morgan fingerprint density at radius 1 is 0.545 bits per heavy atom. The summed E-state index contributed by atoms with van der Waals surface area (Å²) in [6, 6.07) is 31.1. The molecule has 8 rings (SSSR count). The molecule has 2 aromatic heterocycles. The van der Waals surface area contributed by atoms with Crippen molar-refractivity contribution in [1.29, 1.82) is 0 Å². The molecule has 0 bridgehead atoms. The second-order valence-electron chi connectivity index (χ2n) is 20.5. The van der Waals surface area contributed by atoms with E-state index in [0.717, 1.165) is 71.0 Å². The monoisotopic (exact) mass is 1040 g/mol. The SMILES string of the molecule is CCC(CC)(c1ccc(C#CC2(O)CCOCC2)c(C)c1)c1ccc(-c2cncc(COC=O)c2)c(C)c1.CCc1cncc(-c2ccc(C(CC)(CC)c3ccc(C#CC4(O)CCOCC4)c(C)c3)cc2C)c1.O=C=O. The number of benzene rings is 4. The van der Waals surface area contributed by atoms with Crippen LogP contribution in [0.1, 0.15) is 153 Å². The lowest BCUT2D eigenvalue weighted by molar-refractivity contribution is -0.191. The number of pyridine rings is 2. The summed E-state index contributed by atoms with van der Waals surface area (Å²) in [5, 5.41) is 21.5. The highest BCUT2D eigenvalue weighted by Gasteiger charge is 2.34. The highest BCUT2D eigenvalue weighted by Crippen LogP contribution is 2.43. The Morgan fingerprint density at radius 3 is 1.26 bits per heavy atom. The van der Waals surface area contributed by atoms with E-state index in [2.05, 4.69) is 175 Å². The second kappa shape index (κ2) is 27.3. The van der Waals surface area contributed by atoms with Gasteiger partial charge in [0.1, 0.15) is 17.8 Å². The Hall–Kier alpha value is -7.01. The minimum absolute atomic E-state index is 0.0670. The average molecular weight is 1040 g/mol. The lowest BCUT2D eigenvalue weighted by atomic mass is 9.69. The molecule has 4 heterocycles. The molecule has 77 heavy (non-hydrogen) atoms. The highest BCUT2D eigenvalue weighted by molar-refractivity contribution is 5.69. The van der Waals surface area contributed by atoms with E-state index < -0.39 is 11.2 Å². The third-order valence-corrected chi connectivity index (χ3v) is 16.0. The quantitative estimate of drug-likeness (QED) is 0.0799. The number of aliphatic hydroxyl groups is 2. The van der Waals surface area contributed by atoms with Crippen LogP contribution in [0.4, 0.5) is 0 Å². The predicted molar refractivity (Wildman–Crippen MR) is 303 cm³/mol. The van der Waals surface area contributed by atoms with Crippen LogP contribution in [0.2, 0.25) is 0 Å². The number of hydrogen-bond acceptors (Lipinski definition) is 10. The highest BCUT2D eigenvalue weighted by atomic mass is 16.5. The van der Waals surface area contributed by atoms with Crippen LogP contribution in [-0.4, -0.2) is 70.4 Å². The van der Waals surface area contributed by atoms with Crippen LogP contribution in [0, 0.1) is 51.4 Å². The summed E-state index contributed by atoms with van der Waals surface area (Å²) in [5.41, 5.74) is 16.4. The van der Waals surface area contributed by atoms with Gasteiger partial charge in [0.25, 0.3) is 6.47 Å². The number of carbonyl (C=O) groups excluding carboxylic acids is 3. The molecule has 0 saturated carbocycles. The summed E-state index contributed by atoms with van der Waals surface area (Å²) in [4.78, 5) is 35.6. The average Bonchev–Trinajstić information content (AvgIpc) is 3.45. The first-order chi connectivity index (χ1) is 37.1. The minimum Gasteiger partial charge on any atom is -0.463 e. The number of carbonyl (C=O) groups is 1. The van der Waals surface area contributed by atoms with Crippen molar-refractivity contribution in [3.8, 4) is 45.9 Å². The Kier molecular flexibility index (Phi) is 21.0. The van der Waals surface area contributed by atoms with Gasteiger partial charge in [0.05, 0.1) is 26.4 Å². The number of rotatable bonds is 14. The second-order valence-corrected chi connectivity index (χ2v) is 20.5. The van der Waals surface area contributed by atoms with E-state index in [0.29, 0.717) is 58.6 Å². The predicted octanol–water partition coefficient (Wildman–Crippen LogP) is 12.4. The van der Waals surface area contributed by atoms with E-state index in [1.54, 1.807) is 6.20 Å². The molecule has 0 radical (unpaired) electrons. The third-order valence-electron chi connectivity index (χ3n) is 16.0. The van der Waals surface area contributed by atoms with Gasteiger partial charge in [0.15, 0.2) is 0 Å². The number of aryl methyl sites for hydroxylation is 5. The zero-order valence-corrected chi connectivity index (χ0v) is 46.6. The molecule has 2 N–H and O–H groups in total. The topological polar surface area (TPSA) is 145 Å². The van der Waals surface area contributed by atoms with Crippen LogP contribution < -0.4 is 0 Å². The van der Waals surface area contributed by atoms with Gasteiger partial charge < -0.3 is 24.4 Å². The zero-order chi connectivity index (χ0) is 55.6. The minimum atomic E-state index is -0.963. The largest absolute Gasteiger partial charge is 0.463 e. The van der Waals surface area contributed by atoms with Crippen LogP contribution in [-0.2, 0) is 52.5 Å². The number of ether oxygens (including phenoxy) is 3. The molecule has 2 saturated heterocycles. The van der Waals surface area contributed by atoms with Gasteiger partial charge in [-0.05, 0) is 145 Å². The molecule has 0 atom stereocenters. The van der Waals surface area contributed by atoms with Gasteiger partial charge >= 0.3 is 6.15 Å². The fourth-order valence-corrected chi connectivity index (χ4v) is 10.9. The van der Waals surface area contributed by atoms with Crippen LogP contribution in [0.5, 0.6) is 0 Å². The lowest BCUT2D eigenvalue weighted by Crippen LogP contribution is -2.34. The molecule has 0 amide bonds. The zero-order valence-electron chi connectivity index (χ0n) is 46.6. The molecule has 10 heteroatoms. The van der Waals surface area contributed by atoms with Crippen molar-refractivity contribution in [3.05, 3.63) is 176 Å². The molecular weight excluding hydrogens is 961 g/mol. The number of aromatic nitrogens is 2. The fourth-order valence-electron chi connectivity index (χ4n) is 10.9. The Morgan fingerprint density at radius 2 is 0.909 bits per heavy atom. The number of hydrogen-bond donors (Lipinski definition) is 2. The van der Waals surface area contributed by atoms with Crippen LogP contribution in [0.3, 0.4) is 0 Å². The molecule has 0 unspecified atom stereocenters. The van der Waals surface area contributed by atoms with Crippen molar-refractivity contribution in [1.82, 2.24) is 9.97 Å². The van der Waals surface area contributed by atoms with E-state index in [9.17, 15) is 15.0 Å². The Labute approximate surface area is 457 Å². The van der Waals surface area contributed by atoms with Crippen molar-refractivity contribution in [2.75, 3.05) is 26.4 Å². The van der Waals surface area contributed by atoms with Crippen LogP contribution in [0.15, 0.2) is 110 Å². The van der Waals surface area contributed by atoms with Gasteiger partial charge in [-0.25, -0.2) is 0 Å². The molecule has 402 valence electrons. The van der Waals surface area contributed by atoms with Gasteiger partial charge in [0.2, 0.25) is 0 Å². The third kappa shape index (κ3) is 14.3. The lowest BCUT2D eigenvalue weighted by Gasteiger charge is -2.34. The van der Waals surface area contributed by atoms with E-state index >= 15 is 0 Å². The first kappa shape index (κ1) is 59.2. The fraction of sp³-hybridized carbons (Fsp3) is 0.403. The van der Waals surface area contributed by atoms with Crippen LogP contribution in [0.25, 0.3) is 22.3 Å². The molecular formula is C67H76N2O8. The Balaban J connectivity index is 0.000000238. The maximum absolute atomic E-state index is 10.7. The molecule has 2 fully saturated rings. The van der Waals surface area contributed by atoms with Crippen molar-refractivity contribution >= 4 is 12.6 Å². The summed E-state index contributed by atoms with van der Waals surface area (Å²) < 4.78 is 15.7. The molecule has 10 nitrogen and oxygen atoms in total. The van der Waals surface area contributed by atoms with Gasteiger partial charge in [0, 0.05) is 89.1 Å². The summed E-state index contributed by atoms with van der Waals surface area (Å²) in [6.45, 7) is 22.7. The van der Waals surface area contributed by atoms with E-state index in [1.807, 2.05) is 24.7 Å². The standard InChI is InChI=1S/C33H37NO4.C33H39NO2.CO2/c1-5-33(6-2,29-8-7-27(24(3)17-29)11-12-32(36)13-15-37-16-14-32)30-9-10-31(25(4)18-30)28-19-26(20-34-21-28)22-38-23-35;1-6-26-21-28(23-34-22-26)31-12-11-30(20-25(31)5)33(7-2,8-3)29-10-9-27(24(4)19-29)13-14-32(35)15-17-36-18-16-32;2-1-3/h7-10,17-21,23,36H,5-6,13-16,22H2,1-4H3;9-12,19-23,35H,6-8,15-18H2,1-5H3;. The smallest absolute Gasteiger partial charge is 0.373 e. The van der Waals surface area contributed by atoms with Crippen molar-refractivity contribution in [2.24, 2.45) is 0 Å². The first-order valence-corrected chi connectivity index (χ1v) is 27.1. The maximum Gasteiger partial charge on any atom is 0.373 e. The Bertz CT molecular complexity index is 3130. The van der Waals surface area contributed by atoms with Gasteiger partial charge in [-0.1, -0.05) is 119 Å². The van der Waals surface area contributed by atoms with E-state index in [-0.39, 0.29) is 23.6 Å². The first-order valence-electron chi connectivity index (χ1n) is 27.1. The normalized spacial score (nSPS) is 14.6. The molecule has 0 aliphatic carbocycles. The maximum atomic E-state index is 10.7. The molecule has 0 spiro atoms. The van der Waals surface area contributed by atoms with Gasteiger partial charge in [-0.15, -0.1) is 0 Å². The summed E-state index contributed by atoms with van der Waals surface area (Å²) in [5.74, 6) is 12.7. The van der Waals surface area contributed by atoms with Crippen molar-refractivity contribution < 1.29 is 38.8 Å². The van der Waals surface area contributed by atoms with Crippen molar-refractivity contribution in [2.45, 2.75) is 149 Å². The number of nitrogens with zero attached hydrogens (tertiary/aromatic N) is 2. The summed E-state index contributed by atoms with van der Waals surface area (Å²) in [6.07, 6.45) is 14.9. The molecule has 2 aliphatic heterocycles.